The number of fused-ring (bicyclic) bond motifs is 2. The van der Waals surface area contributed by atoms with Crippen LogP contribution < -0.4 is 31.0 Å². The molecule has 37 heavy (non-hydrogen) atoms. The number of methoxy groups -OCH3 is 1. The average Bonchev–Trinajstić information content (AvgIpc) is 2.91. The van der Waals surface area contributed by atoms with E-state index in [2.05, 4.69) is 20.3 Å². The Morgan fingerprint density at radius 3 is 2.70 bits per heavy atom. The molecule has 1 aliphatic carbocycles. The number of hydrogen-bond donors (Lipinski definition) is 3. The number of nitrogens with one attached hydrogen (secondary N) is 1. The molecule has 4 N–H and O–H groups in total. The molecule has 0 spiro atoms. The highest BCUT2D eigenvalue weighted by Gasteiger charge is 2.29. The molecule has 13 nitrogen and oxygen atoms in total. The van der Waals surface area contributed by atoms with E-state index in [1.807, 2.05) is 0 Å². The molecule has 0 bridgehead atoms. The maximum atomic E-state index is 11.6. The molecular weight excluding hydrogens is 482 g/mol. The molecule has 0 radical (unpaired) electrons. The summed E-state index contributed by atoms with van der Waals surface area (Å²) in [6.45, 7) is 0.765. The number of aromatic nitrogens is 4. The van der Waals surface area contributed by atoms with E-state index in [0.29, 0.717) is 30.3 Å². The molecule has 1 fully saturated rings. The van der Waals surface area contributed by atoms with Crippen LogP contribution in [0.3, 0.4) is 0 Å². The highest BCUT2D eigenvalue weighted by molar-refractivity contribution is 5.95. The Kier molecular flexibility index (Phi) is 8.13. The van der Waals surface area contributed by atoms with Crippen molar-refractivity contribution >= 4 is 34.7 Å². The first-order valence-corrected chi connectivity index (χ1v) is 12.0. The molecule has 2 amide bonds. The number of carbonyl (C=O) groups is 2. The topological polar surface area (TPSA) is 175 Å². The Morgan fingerprint density at radius 1 is 1.22 bits per heavy atom. The normalized spacial score (nSPS) is 15.0. The number of amides is 2. The van der Waals surface area contributed by atoms with Crippen molar-refractivity contribution in [3.8, 4) is 11.8 Å². The number of hydrogen-bond acceptors (Lipinski definition) is 9. The van der Waals surface area contributed by atoms with Crippen LogP contribution in [0.2, 0.25) is 0 Å². The first kappa shape index (κ1) is 25.8. The van der Waals surface area contributed by atoms with Gasteiger partial charge in [0.15, 0.2) is 18.2 Å². The number of nitrogens with zero attached hydrogens (tertiary/aromatic N) is 5. The van der Waals surface area contributed by atoms with Gasteiger partial charge in [-0.3, -0.25) is 19.1 Å². The van der Waals surface area contributed by atoms with Gasteiger partial charge in [0.05, 0.1) is 7.11 Å². The van der Waals surface area contributed by atoms with Crippen molar-refractivity contribution in [3.63, 3.8) is 0 Å². The summed E-state index contributed by atoms with van der Waals surface area (Å²) in [5.41, 5.74) is 5.88. The van der Waals surface area contributed by atoms with Gasteiger partial charge in [0, 0.05) is 36.8 Å². The molecule has 1 saturated carbocycles. The third-order valence-electron chi connectivity index (χ3n) is 6.09. The summed E-state index contributed by atoms with van der Waals surface area (Å²) in [5.74, 6) is 0.795. The Hall–Kier alpha value is -4.26. The van der Waals surface area contributed by atoms with Crippen LogP contribution in [0.25, 0.3) is 11.0 Å². The Labute approximate surface area is 212 Å². The van der Waals surface area contributed by atoms with E-state index >= 15 is 0 Å². The Balaban J connectivity index is 0.000000180. The van der Waals surface area contributed by atoms with Gasteiger partial charge in [-0.25, -0.2) is 14.8 Å². The Morgan fingerprint density at radius 2 is 2.00 bits per heavy atom. The quantitative estimate of drug-likeness (QED) is 0.459. The lowest BCUT2D eigenvalue weighted by molar-refractivity contribution is -0.118. The maximum Gasteiger partial charge on any atom is 0.413 e. The number of carboxylic acid groups (broad SMARTS) is 1. The van der Waals surface area contributed by atoms with Crippen LogP contribution in [-0.4, -0.2) is 62.9 Å². The highest BCUT2D eigenvalue weighted by atomic mass is 16.5. The van der Waals surface area contributed by atoms with E-state index in [1.54, 1.807) is 24.4 Å². The SMILES string of the molecule is COc1ncc2ccc(=O)n(CCN)c2n1.O=C1COc2ccc(N(C(=O)O)C3CCCCC3)nc2N1. The van der Waals surface area contributed by atoms with Gasteiger partial charge in [-0.1, -0.05) is 19.3 Å². The molecular formula is C24H29N7O6. The van der Waals surface area contributed by atoms with E-state index in [-0.39, 0.29) is 35.9 Å². The van der Waals surface area contributed by atoms with Crippen molar-refractivity contribution in [1.82, 2.24) is 19.5 Å². The highest BCUT2D eigenvalue weighted by Crippen LogP contribution is 2.31. The van der Waals surface area contributed by atoms with Gasteiger partial charge in [0.1, 0.15) is 11.5 Å². The number of rotatable bonds is 5. The molecule has 13 heteroatoms. The van der Waals surface area contributed by atoms with E-state index in [4.69, 9.17) is 15.2 Å². The minimum atomic E-state index is -1.02. The molecule has 0 atom stereocenters. The number of carbonyl (C=O) groups excluding carboxylic acids is 1. The molecule has 3 aromatic rings. The lowest BCUT2D eigenvalue weighted by Gasteiger charge is -2.31. The van der Waals surface area contributed by atoms with Gasteiger partial charge in [0.25, 0.3) is 11.5 Å². The first-order valence-electron chi connectivity index (χ1n) is 12.0. The monoisotopic (exact) mass is 511 g/mol. The maximum absolute atomic E-state index is 11.6. The second-order valence-corrected chi connectivity index (χ2v) is 8.54. The van der Waals surface area contributed by atoms with Gasteiger partial charge in [0.2, 0.25) is 0 Å². The fourth-order valence-electron chi connectivity index (χ4n) is 4.37. The first-order chi connectivity index (χ1) is 17.9. The van der Waals surface area contributed by atoms with Crippen molar-refractivity contribution in [2.45, 2.75) is 44.7 Å². The summed E-state index contributed by atoms with van der Waals surface area (Å²) in [6, 6.07) is 6.62. The van der Waals surface area contributed by atoms with Crippen molar-refractivity contribution in [3.05, 3.63) is 40.8 Å². The second kappa shape index (κ2) is 11.6. The van der Waals surface area contributed by atoms with Crippen LogP contribution in [-0.2, 0) is 11.3 Å². The molecule has 0 saturated heterocycles. The van der Waals surface area contributed by atoms with Crippen LogP contribution in [0.15, 0.2) is 35.3 Å². The Bertz CT molecular complexity index is 1340. The van der Waals surface area contributed by atoms with Crippen LogP contribution in [0.4, 0.5) is 16.4 Å². The van der Waals surface area contributed by atoms with Gasteiger partial charge < -0.3 is 25.6 Å². The largest absolute Gasteiger partial charge is 0.480 e. The van der Waals surface area contributed by atoms with E-state index in [9.17, 15) is 19.5 Å². The van der Waals surface area contributed by atoms with Crippen LogP contribution in [0, 0.1) is 0 Å². The predicted octanol–water partition coefficient (Wildman–Crippen LogP) is 1.99. The molecule has 5 rings (SSSR count). The van der Waals surface area contributed by atoms with Crippen molar-refractivity contribution < 1.29 is 24.2 Å². The van der Waals surface area contributed by atoms with Crippen molar-refractivity contribution in [1.29, 1.82) is 0 Å². The van der Waals surface area contributed by atoms with Crippen LogP contribution >= 0.6 is 0 Å². The van der Waals surface area contributed by atoms with Gasteiger partial charge in [-0.2, -0.15) is 4.98 Å². The molecule has 2 aliphatic rings. The summed E-state index contributed by atoms with van der Waals surface area (Å²) in [5, 5.41) is 12.9. The molecule has 0 aromatic carbocycles. The van der Waals surface area contributed by atoms with E-state index in [0.717, 1.165) is 37.5 Å². The van der Waals surface area contributed by atoms with Gasteiger partial charge >= 0.3 is 12.1 Å². The van der Waals surface area contributed by atoms with Crippen LogP contribution in [0.5, 0.6) is 11.8 Å². The number of anilines is 2. The molecule has 1 aliphatic heterocycles. The fraction of sp³-hybridized carbons (Fsp3) is 0.417. The van der Waals surface area contributed by atoms with E-state index in [1.165, 1.54) is 22.6 Å². The zero-order chi connectivity index (χ0) is 26.4. The molecule has 196 valence electrons. The summed E-state index contributed by atoms with van der Waals surface area (Å²) >= 11 is 0. The van der Waals surface area contributed by atoms with Crippen molar-refractivity contribution in [2.24, 2.45) is 5.73 Å². The summed E-state index contributed by atoms with van der Waals surface area (Å²) in [6.07, 6.45) is 5.48. The van der Waals surface area contributed by atoms with E-state index < -0.39 is 6.09 Å². The smallest absolute Gasteiger partial charge is 0.413 e. The number of nitrogens with two attached hydrogens (primary N) is 1. The average molecular weight is 512 g/mol. The van der Waals surface area contributed by atoms with Crippen LogP contribution in [0.1, 0.15) is 32.1 Å². The third-order valence-corrected chi connectivity index (χ3v) is 6.09. The lowest BCUT2D eigenvalue weighted by atomic mass is 9.94. The van der Waals surface area contributed by atoms with Gasteiger partial charge in [-0.15, -0.1) is 0 Å². The lowest BCUT2D eigenvalue weighted by Crippen LogP contribution is -2.41. The molecule has 4 heterocycles. The number of ether oxygens (including phenoxy) is 2. The minimum absolute atomic E-state index is 0.0424. The summed E-state index contributed by atoms with van der Waals surface area (Å²) in [7, 11) is 1.48. The number of pyridine rings is 2. The summed E-state index contributed by atoms with van der Waals surface area (Å²) < 4.78 is 11.7. The van der Waals surface area contributed by atoms with Gasteiger partial charge in [-0.05, 0) is 31.0 Å². The van der Waals surface area contributed by atoms with Crippen molar-refractivity contribution in [2.75, 3.05) is 30.5 Å². The predicted molar refractivity (Wildman–Crippen MR) is 135 cm³/mol. The summed E-state index contributed by atoms with van der Waals surface area (Å²) in [4.78, 5) is 48.2. The zero-order valence-electron chi connectivity index (χ0n) is 20.4. The second-order valence-electron chi connectivity index (χ2n) is 8.54. The molecule has 3 aromatic heterocycles. The zero-order valence-corrected chi connectivity index (χ0v) is 20.4. The standard InChI is InChI=1S/C14H17N3O4.C10H12N4O2/c18-12-8-21-10-6-7-11(15-13(10)16-12)17(14(19)20)9-4-2-1-3-5-9;1-16-10-12-6-7-2-3-8(15)14(5-4-11)9(7)13-10/h6-7,9H,1-5,8H2,(H,19,20)(H,15,16,18);2-3,6H,4-5,11H2,1H3. The minimum Gasteiger partial charge on any atom is -0.480 e. The fourth-order valence-corrected chi connectivity index (χ4v) is 4.37. The third kappa shape index (κ3) is 5.94. The molecule has 0 unspecified atom stereocenters.